The summed E-state index contributed by atoms with van der Waals surface area (Å²) in [4.78, 5) is 23.3. The zero-order valence-corrected chi connectivity index (χ0v) is 27.0. The number of hydrogen-bond acceptors (Lipinski definition) is 7. The highest BCUT2D eigenvalue weighted by molar-refractivity contribution is 7.45. The summed E-state index contributed by atoms with van der Waals surface area (Å²) in [5.74, 6) is 0.157. The molecule has 9 heteroatoms. The zero-order valence-electron chi connectivity index (χ0n) is 26.1. The second-order valence-corrected chi connectivity index (χ2v) is 13.3. The molecule has 0 heterocycles. The van der Waals surface area contributed by atoms with Gasteiger partial charge < -0.3 is 32.7 Å². The van der Waals surface area contributed by atoms with Crippen molar-refractivity contribution in [2.24, 2.45) is 0 Å². The van der Waals surface area contributed by atoms with Gasteiger partial charge >= 0.3 is 0 Å². The van der Waals surface area contributed by atoms with Crippen LogP contribution in [0.2, 0.25) is 0 Å². The van der Waals surface area contributed by atoms with Gasteiger partial charge in [0.1, 0.15) is 25.0 Å². The molecule has 0 aliphatic rings. The Morgan fingerprint density at radius 2 is 1.23 bits per heavy atom. The molecule has 0 radical (unpaired) electrons. The van der Waals surface area contributed by atoms with E-state index < -0.39 is 13.9 Å². The fraction of sp³-hybridized carbons (Fsp3) is 0.967. The molecule has 0 aliphatic carbocycles. The fourth-order valence-electron chi connectivity index (χ4n) is 4.12. The third-order valence-corrected chi connectivity index (χ3v) is 7.62. The minimum Gasteiger partial charge on any atom is -0.756 e. The number of rotatable bonds is 30. The minimum absolute atomic E-state index is 0.0659. The number of nitrogens with zero attached hydrogens (tertiary/aromatic N) is 1. The highest BCUT2D eigenvalue weighted by Crippen LogP contribution is 2.38. The van der Waals surface area contributed by atoms with Crippen LogP contribution in [0, 0.1) is 0 Å². The minimum atomic E-state index is -4.41. The third kappa shape index (κ3) is 30.4. The number of Topliss-reactive ketones (excluding diaryl/α,β-unsaturated/α-hetero) is 1. The van der Waals surface area contributed by atoms with Gasteiger partial charge in [-0.1, -0.05) is 90.4 Å². The van der Waals surface area contributed by atoms with Crippen molar-refractivity contribution in [3.63, 3.8) is 0 Å². The van der Waals surface area contributed by atoms with E-state index in [1.165, 1.54) is 77.0 Å². The van der Waals surface area contributed by atoms with Crippen LogP contribution >= 0.6 is 7.82 Å². The number of ketones is 1. The number of carbonyl (C=O) groups is 1. The Kier molecular flexibility index (Phi) is 25.2. The highest BCUT2D eigenvalue weighted by Gasteiger charge is 2.18. The summed E-state index contributed by atoms with van der Waals surface area (Å²) in [6.45, 7) is 5.63. The molecule has 39 heavy (non-hydrogen) atoms. The van der Waals surface area contributed by atoms with Gasteiger partial charge in [-0.15, -0.1) is 0 Å². The molecule has 0 bridgehead atoms. The van der Waals surface area contributed by atoms with E-state index in [1.807, 2.05) is 21.1 Å². The molecule has 0 amide bonds. The quantitative estimate of drug-likeness (QED) is 0.0523. The standard InChI is InChI=1S/C30H62NO7P/c1-6-7-8-9-10-11-12-13-14-15-16-17-18-20-24-35-27-30(36-25-21-19-22-29(2)32)28-38-39(33,34)37-26-23-31(3,4)5/h30H,6-28H2,1-5H3. The molecule has 0 aliphatic heterocycles. The predicted octanol–water partition coefficient (Wildman–Crippen LogP) is 6.84. The maximum absolute atomic E-state index is 12.1. The van der Waals surface area contributed by atoms with E-state index in [1.54, 1.807) is 6.92 Å². The van der Waals surface area contributed by atoms with E-state index in [0.29, 0.717) is 30.7 Å². The lowest BCUT2D eigenvalue weighted by Gasteiger charge is -2.28. The normalized spacial score (nSPS) is 14.4. The van der Waals surface area contributed by atoms with Gasteiger partial charge in [0.15, 0.2) is 0 Å². The van der Waals surface area contributed by atoms with E-state index in [-0.39, 0.29) is 25.6 Å². The average Bonchev–Trinajstić information content (AvgIpc) is 2.85. The molecule has 0 aromatic carbocycles. The van der Waals surface area contributed by atoms with E-state index >= 15 is 0 Å². The van der Waals surface area contributed by atoms with E-state index in [2.05, 4.69) is 6.92 Å². The average molecular weight is 580 g/mol. The summed E-state index contributed by atoms with van der Waals surface area (Å²) >= 11 is 0. The monoisotopic (exact) mass is 579 g/mol. The molecule has 2 atom stereocenters. The summed E-state index contributed by atoms with van der Waals surface area (Å²) < 4.78 is 34.4. The van der Waals surface area contributed by atoms with Crippen molar-refractivity contribution in [3.05, 3.63) is 0 Å². The van der Waals surface area contributed by atoms with Crippen LogP contribution in [0.4, 0.5) is 0 Å². The molecule has 0 rings (SSSR count). The second-order valence-electron chi connectivity index (χ2n) is 11.9. The molecule has 0 spiro atoms. The van der Waals surface area contributed by atoms with Gasteiger partial charge in [-0.05, 0) is 26.2 Å². The Morgan fingerprint density at radius 3 is 1.74 bits per heavy atom. The number of carbonyl (C=O) groups excluding carboxylic acids is 1. The molecule has 8 nitrogen and oxygen atoms in total. The highest BCUT2D eigenvalue weighted by atomic mass is 31.2. The van der Waals surface area contributed by atoms with Crippen LogP contribution in [0.3, 0.4) is 0 Å². The Labute approximate surface area is 240 Å². The van der Waals surface area contributed by atoms with Crippen molar-refractivity contribution < 1.29 is 37.3 Å². The van der Waals surface area contributed by atoms with Gasteiger partial charge in [0.25, 0.3) is 7.82 Å². The first kappa shape index (κ1) is 38.7. The fourth-order valence-corrected chi connectivity index (χ4v) is 4.85. The molecule has 0 aromatic heterocycles. The topological polar surface area (TPSA) is 94.1 Å². The van der Waals surface area contributed by atoms with Crippen LogP contribution in [-0.4, -0.2) is 77.1 Å². The molecular weight excluding hydrogens is 517 g/mol. The van der Waals surface area contributed by atoms with Crippen molar-refractivity contribution >= 4 is 13.6 Å². The van der Waals surface area contributed by atoms with Gasteiger partial charge in [0.05, 0.1) is 34.4 Å². The van der Waals surface area contributed by atoms with Crippen molar-refractivity contribution in [1.82, 2.24) is 0 Å². The maximum atomic E-state index is 12.1. The molecule has 0 saturated carbocycles. The molecule has 0 saturated heterocycles. The summed E-state index contributed by atoms with van der Waals surface area (Å²) in [5, 5.41) is 0. The SMILES string of the molecule is CCCCCCCCCCCCCCCCOCC(COP(=O)([O-])OCC[N+](C)(C)C)OCCCCC(C)=O. The van der Waals surface area contributed by atoms with Gasteiger partial charge in [0, 0.05) is 19.6 Å². The van der Waals surface area contributed by atoms with Gasteiger partial charge in [0.2, 0.25) is 0 Å². The Morgan fingerprint density at radius 1 is 0.718 bits per heavy atom. The molecule has 0 aromatic rings. The van der Waals surface area contributed by atoms with Gasteiger partial charge in [-0.2, -0.15) is 0 Å². The van der Waals surface area contributed by atoms with Crippen LogP contribution in [0.15, 0.2) is 0 Å². The van der Waals surface area contributed by atoms with E-state index in [0.717, 1.165) is 25.7 Å². The van der Waals surface area contributed by atoms with Crippen LogP contribution < -0.4 is 4.89 Å². The predicted molar refractivity (Wildman–Crippen MR) is 158 cm³/mol. The molecule has 0 fully saturated rings. The third-order valence-electron chi connectivity index (χ3n) is 6.65. The van der Waals surface area contributed by atoms with E-state index in [9.17, 15) is 14.3 Å². The lowest BCUT2D eigenvalue weighted by Crippen LogP contribution is -2.37. The summed E-state index contributed by atoms with van der Waals surface area (Å²) in [7, 11) is 1.48. The largest absolute Gasteiger partial charge is 0.756 e. The first-order valence-electron chi connectivity index (χ1n) is 15.6. The molecule has 0 N–H and O–H groups in total. The summed E-state index contributed by atoms with van der Waals surface area (Å²) in [6, 6.07) is 0. The van der Waals surface area contributed by atoms with Crippen LogP contribution in [0.5, 0.6) is 0 Å². The maximum Gasteiger partial charge on any atom is 0.268 e. The number of phosphoric ester groups is 1. The summed E-state index contributed by atoms with van der Waals surface area (Å²) in [5.41, 5.74) is 0. The number of likely N-dealkylation sites (N-methyl/N-ethyl adjacent to an activating group) is 1. The Balaban J connectivity index is 4.02. The van der Waals surface area contributed by atoms with E-state index in [4.69, 9.17) is 18.5 Å². The molecule has 2 unspecified atom stereocenters. The number of unbranched alkanes of at least 4 members (excludes halogenated alkanes) is 14. The second kappa shape index (κ2) is 25.4. The Bertz CT molecular complexity index is 613. The first-order valence-corrected chi connectivity index (χ1v) is 17.1. The number of ether oxygens (including phenoxy) is 2. The van der Waals surface area contributed by atoms with Gasteiger partial charge in [-0.25, -0.2) is 0 Å². The number of hydrogen-bond donors (Lipinski definition) is 0. The number of phosphoric acid groups is 1. The zero-order chi connectivity index (χ0) is 29.2. The summed E-state index contributed by atoms with van der Waals surface area (Å²) in [6.07, 6.45) is 19.8. The van der Waals surface area contributed by atoms with Gasteiger partial charge in [-0.3, -0.25) is 4.57 Å². The smallest absolute Gasteiger partial charge is 0.268 e. The van der Waals surface area contributed by atoms with Crippen LogP contribution in [-0.2, 0) is 27.9 Å². The first-order chi connectivity index (χ1) is 18.6. The van der Waals surface area contributed by atoms with Crippen molar-refractivity contribution in [1.29, 1.82) is 0 Å². The van der Waals surface area contributed by atoms with Crippen molar-refractivity contribution in [3.8, 4) is 0 Å². The van der Waals surface area contributed by atoms with Crippen LogP contribution in [0.25, 0.3) is 0 Å². The lowest BCUT2D eigenvalue weighted by molar-refractivity contribution is -0.870. The number of quaternary nitrogens is 1. The Hall–Kier alpha value is -0.340. The van der Waals surface area contributed by atoms with Crippen molar-refractivity contribution in [2.45, 2.75) is 129 Å². The van der Waals surface area contributed by atoms with Crippen molar-refractivity contribution in [2.75, 3.05) is 60.7 Å². The lowest BCUT2D eigenvalue weighted by atomic mass is 10.0. The van der Waals surface area contributed by atoms with Crippen LogP contribution in [0.1, 0.15) is 123 Å². The molecular formula is C30H62NO7P. The molecule has 234 valence electrons.